The van der Waals surface area contributed by atoms with E-state index in [2.05, 4.69) is 10.1 Å². The summed E-state index contributed by atoms with van der Waals surface area (Å²) in [6.07, 6.45) is 1.67. The fourth-order valence-corrected chi connectivity index (χ4v) is 6.03. The van der Waals surface area contributed by atoms with E-state index in [0.717, 1.165) is 5.56 Å². The number of pyridine rings is 1. The predicted octanol–water partition coefficient (Wildman–Crippen LogP) is 4.48. The van der Waals surface area contributed by atoms with Gasteiger partial charge in [0.2, 0.25) is 7.29 Å². The maximum atomic E-state index is 14.5. The Balaban J connectivity index is 1.83. The Morgan fingerprint density at radius 3 is 1.84 bits per heavy atom. The van der Waals surface area contributed by atoms with Gasteiger partial charge in [-0.15, -0.1) is 0 Å². The summed E-state index contributed by atoms with van der Waals surface area (Å²) >= 11 is 0. The van der Waals surface area contributed by atoms with Crippen molar-refractivity contribution < 1.29 is 8.96 Å². The Labute approximate surface area is 181 Å². The molecule has 0 unspecified atom stereocenters. The molecule has 3 N–H and O–H groups in total. The second-order valence-corrected chi connectivity index (χ2v) is 9.73. The van der Waals surface area contributed by atoms with Crippen molar-refractivity contribution >= 4 is 17.9 Å². The number of rotatable bonds is 7. The number of nitrogens with one attached hydrogen (secondary N) is 1. The van der Waals surface area contributed by atoms with Gasteiger partial charge in [0.15, 0.2) is 0 Å². The van der Waals surface area contributed by atoms with E-state index in [1.807, 2.05) is 78.9 Å². The third kappa shape index (κ3) is 4.64. The van der Waals surface area contributed by atoms with E-state index in [-0.39, 0.29) is 5.82 Å². The van der Waals surface area contributed by atoms with Crippen LogP contribution in [0.25, 0.3) is 0 Å². The van der Waals surface area contributed by atoms with Crippen LogP contribution < -0.4 is 21.4 Å². The van der Waals surface area contributed by atoms with E-state index in [9.17, 15) is 8.96 Å². The zero-order chi connectivity index (χ0) is 21.7. The zero-order valence-corrected chi connectivity index (χ0v) is 17.7. The van der Waals surface area contributed by atoms with Crippen molar-refractivity contribution in [2.75, 3.05) is 0 Å². The topological polar surface area (TPSA) is 68.0 Å². The van der Waals surface area contributed by atoms with Gasteiger partial charge in [-0.05, 0) is 54.1 Å². The highest BCUT2D eigenvalue weighted by Gasteiger charge is 2.34. The molecule has 0 aliphatic rings. The average molecular weight is 431 g/mol. The van der Waals surface area contributed by atoms with Crippen molar-refractivity contribution in [3.8, 4) is 0 Å². The fourth-order valence-electron chi connectivity index (χ4n) is 3.55. The van der Waals surface area contributed by atoms with Gasteiger partial charge in [0, 0.05) is 16.8 Å². The van der Waals surface area contributed by atoms with E-state index in [1.165, 1.54) is 12.1 Å². The highest BCUT2D eigenvalue weighted by atomic mass is 31.2. The van der Waals surface area contributed by atoms with Gasteiger partial charge in [-0.3, -0.25) is 14.6 Å². The normalized spacial score (nSPS) is 13.5. The molecule has 0 saturated heterocycles. The van der Waals surface area contributed by atoms with E-state index in [4.69, 9.17) is 5.73 Å². The van der Waals surface area contributed by atoms with Crippen molar-refractivity contribution in [2.24, 2.45) is 5.73 Å². The Morgan fingerprint density at radius 1 is 0.774 bits per heavy atom. The first-order valence-electron chi connectivity index (χ1n) is 9.99. The first-order valence-corrected chi connectivity index (χ1v) is 11.7. The van der Waals surface area contributed by atoms with Gasteiger partial charge in [-0.2, -0.15) is 0 Å². The predicted molar refractivity (Wildman–Crippen MR) is 123 cm³/mol. The first kappa shape index (κ1) is 21.1. The van der Waals surface area contributed by atoms with Gasteiger partial charge in [0.05, 0.1) is 17.8 Å². The Bertz CT molecular complexity index is 1110. The summed E-state index contributed by atoms with van der Waals surface area (Å²) in [4.78, 5) is 4.39. The lowest BCUT2D eigenvalue weighted by molar-refractivity contribution is 0.502. The lowest BCUT2D eigenvalue weighted by Gasteiger charge is -2.31. The molecule has 0 aliphatic heterocycles. The van der Waals surface area contributed by atoms with Gasteiger partial charge in [0.1, 0.15) is 5.82 Å². The maximum absolute atomic E-state index is 14.5. The van der Waals surface area contributed by atoms with Crippen LogP contribution in [0.1, 0.15) is 23.3 Å². The number of nitrogens with zero attached hydrogens (tertiary/aromatic N) is 1. The molecule has 6 heteroatoms. The molecule has 0 amide bonds. The van der Waals surface area contributed by atoms with E-state index >= 15 is 0 Å². The molecule has 0 bridgehead atoms. The van der Waals surface area contributed by atoms with E-state index < -0.39 is 19.4 Å². The lowest BCUT2D eigenvalue weighted by atomic mass is 9.98. The summed E-state index contributed by atoms with van der Waals surface area (Å²) in [5.41, 5.74) is 8.01. The zero-order valence-electron chi connectivity index (χ0n) is 16.8. The molecule has 4 nitrogen and oxygen atoms in total. The summed E-state index contributed by atoms with van der Waals surface area (Å²) in [6.45, 7) is 0. The fraction of sp³-hybridized carbons (Fsp3) is 0.0800. The van der Waals surface area contributed by atoms with Crippen LogP contribution in [0.5, 0.6) is 0 Å². The monoisotopic (exact) mass is 431 g/mol. The Kier molecular flexibility index (Phi) is 6.38. The molecular formula is C25H23FN3OP. The molecule has 3 aromatic carbocycles. The molecule has 2 atom stereocenters. The molecule has 0 aliphatic carbocycles. The standard InChI is InChI=1S/C25H23FN3OP/c26-20-16-14-19(15-17-20)25(24(27)23-13-7-8-18-28-23)29-31(30,21-9-3-1-4-10-21)22-11-5-2-6-12-22/h1-18,24-25H,27H2,(H,29,30)/t24-,25+/m0/s1. The summed E-state index contributed by atoms with van der Waals surface area (Å²) < 4.78 is 28.2. The number of nitrogens with two attached hydrogens (primary N) is 1. The van der Waals surface area contributed by atoms with Crippen molar-refractivity contribution in [2.45, 2.75) is 12.1 Å². The molecule has 0 fully saturated rings. The van der Waals surface area contributed by atoms with Crippen LogP contribution in [-0.4, -0.2) is 4.98 Å². The molecule has 4 rings (SSSR count). The van der Waals surface area contributed by atoms with Gasteiger partial charge >= 0.3 is 0 Å². The first-order chi connectivity index (χ1) is 15.1. The van der Waals surface area contributed by atoms with Crippen molar-refractivity contribution in [3.63, 3.8) is 0 Å². The molecular weight excluding hydrogens is 408 g/mol. The van der Waals surface area contributed by atoms with Crippen LogP contribution in [0.2, 0.25) is 0 Å². The highest BCUT2D eigenvalue weighted by molar-refractivity contribution is 7.76. The van der Waals surface area contributed by atoms with Gasteiger partial charge in [-0.1, -0.05) is 54.6 Å². The van der Waals surface area contributed by atoms with Crippen LogP contribution in [0.15, 0.2) is 109 Å². The highest BCUT2D eigenvalue weighted by Crippen LogP contribution is 2.44. The van der Waals surface area contributed by atoms with Crippen LogP contribution >= 0.6 is 7.29 Å². The number of halogens is 1. The summed E-state index contributed by atoms with van der Waals surface area (Å²) in [6, 6.07) is 29.0. The second kappa shape index (κ2) is 9.36. The smallest absolute Gasteiger partial charge is 0.205 e. The van der Waals surface area contributed by atoms with Crippen molar-refractivity contribution in [1.82, 2.24) is 10.1 Å². The average Bonchev–Trinajstić information content (AvgIpc) is 2.84. The third-order valence-electron chi connectivity index (χ3n) is 5.18. The Morgan fingerprint density at radius 2 is 1.32 bits per heavy atom. The van der Waals surface area contributed by atoms with E-state index in [1.54, 1.807) is 18.3 Å². The van der Waals surface area contributed by atoms with Gasteiger partial charge < -0.3 is 5.73 Å². The molecule has 156 valence electrons. The number of aromatic nitrogens is 1. The van der Waals surface area contributed by atoms with Crippen LogP contribution in [0, 0.1) is 5.82 Å². The van der Waals surface area contributed by atoms with Crippen molar-refractivity contribution in [3.05, 3.63) is 126 Å². The minimum atomic E-state index is -3.28. The summed E-state index contributed by atoms with van der Waals surface area (Å²) in [7, 11) is -3.28. The molecule has 0 saturated carbocycles. The largest absolute Gasteiger partial charge is 0.321 e. The van der Waals surface area contributed by atoms with Crippen LogP contribution in [0.4, 0.5) is 4.39 Å². The molecule has 4 aromatic rings. The molecule has 0 radical (unpaired) electrons. The summed E-state index contributed by atoms with van der Waals surface area (Å²) in [5.74, 6) is -0.344. The molecule has 1 aromatic heterocycles. The SMILES string of the molecule is N[C@@H](c1ccccn1)[C@H](NP(=O)(c1ccccc1)c1ccccc1)c1ccc(F)cc1. The number of hydrogen-bond acceptors (Lipinski definition) is 3. The third-order valence-corrected chi connectivity index (χ3v) is 7.87. The molecule has 31 heavy (non-hydrogen) atoms. The Hall–Kier alpha value is -3.11. The number of benzene rings is 3. The van der Waals surface area contributed by atoms with Crippen LogP contribution in [-0.2, 0) is 4.57 Å². The maximum Gasteiger partial charge on any atom is 0.205 e. The van der Waals surface area contributed by atoms with Crippen LogP contribution in [0.3, 0.4) is 0 Å². The second-order valence-electron chi connectivity index (χ2n) is 7.22. The summed E-state index contributed by atoms with van der Waals surface area (Å²) in [5, 5.41) is 4.70. The number of hydrogen-bond donors (Lipinski definition) is 2. The van der Waals surface area contributed by atoms with E-state index in [0.29, 0.717) is 16.3 Å². The van der Waals surface area contributed by atoms with Gasteiger partial charge in [0.25, 0.3) is 0 Å². The lowest BCUT2D eigenvalue weighted by Crippen LogP contribution is -2.36. The van der Waals surface area contributed by atoms with Gasteiger partial charge in [-0.25, -0.2) is 4.39 Å². The molecule has 0 spiro atoms. The molecule has 1 heterocycles. The van der Waals surface area contributed by atoms with Crippen molar-refractivity contribution in [1.29, 1.82) is 0 Å². The minimum absolute atomic E-state index is 0.344. The quantitative estimate of drug-likeness (QED) is 0.424. The minimum Gasteiger partial charge on any atom is -0.321 e.